The van der Waals surface area contributed by atoms with Gasteiger partial charge in [-0.1, -0.05) is 18.2 Å². The third kappa shape index (κ3) is 2.75. The lowest BCUT2D eigenvalue weighted by molar-refractivity contribution is 0.0950. The number of aromatic amines is 1. The molecule has 0 radical (unpaired) electrons. The number of H-pyrrole nitrogens is 1. The van der Waals surface area contributed by atoms with E-state index in [1.54, 1.807) is 11.8 Å². The molecule has 1 atom stereocenters. The number of hydrogen-bond donors (Lipinski definition) is 2. The maximum Gasteiger partial charge on any atom is 0.271 e. The van der Waals surface area contributed by atoms with Crippen LogP contribution in [0.3, 0.4) is 0 Å². The molecule has 1 amide bonds. The van der Waals surface area contributed by atoms with Gasteiger partial charge in [-0.3, -0.25) is 9.48 Å². The predicted octanol–water partition coefficient (Wildman–Crippen LogP) is 2.20. The van der Waals surface area contributed by atoms with Gasteiger partial charge in [-0.05, 0) is 25.0 Å². The van der Waals surface area contributed by atoms with Gasteiger partial charge in [0, 0.05) is 31.4 Å². The monoisotopic (exact) mass is 351 g/mol. The van der Waals surface area contributed by atoms with E-state index < -0.39 is 0 Å². The van der Waals surface area contributed by atoms with E-state index in [0.29, 0.717) is 24.5 Å². The number of nitrogens with zero attached hydrogens (tertiary/aromatic N) is 3. The Bertz CT molecular complexity index is 972. The zero-order valence-electron chi connectivity index (χ0n) is 15.0. The Morgan fingerprint density at radius 3 is 2.85 bits per heavy atom. The smallest absolute Gasteiger partial charge is 0.271 e. The van der Waals surface area contributed by atoms with Crippen LogP contribution in [0.25, 0.3) is 11.4 Å². The van der Waals surface area contributed by atoms with Gasteiger partial charge in [0.25, 0.3) is 5.91 Å². The summed E-state index contributed by atoms with van der Waals surface area (Å²) < 4.78 is 7.24. The minimum Gasteiger partial charge on any atom is -0.496 e. The lowest BCUT2D eigenvalue weighted by Gasteiger charge is -2.17. The molecule has 0 bridgehead atoms. The topological polar surface area (TPSA) is 84.8 Å². The van der Waals surface area contributed by atoms with Crippen LogP contribution in [0.5, 0.6) is 5.75 Å². The van der Waals surface area contributed by atoms with Crippen molar-refractivity contribution < 1.29 is 9.53 Å². The summed E-state index contributed by atoms with van der Waals surface area (Å²) in [5.74, 6) is 1.47. The van der Waals surface area contributed by atoms with Crippen molar-refractivity contribution in [1.29, 1.82) is 0 Å². The van der Waals surface area contributed by atoms with Crippen LogP contribution < -0.4 is 10.1 Å². The van der Waals surface area contributed by atoms with Gasteiger partial charge < -0.3 is 15.0 Å². The van der Waals surface area contributed by atoms with E-state index in [4.69, 9.17) is 4.74 Å². The summed E-state index contributed by atoms with van der Waals surface area (Å²) in [7, 11) is 3.54. The second-order valence-corrected chi connectivity index (χ2v) is 6.57. The summed E-state index contributed by atoms with van der Waals surface area (Å²) in [4.78, 5) is 20.4. The van der Waals surface area contributed by atoms with Gasteiger partial charge in [0.15, 0.2) is 0 Å². The van der Waals surface area contributed by atoms with E-state index in [2.05, 4.69) is 20.4 Å². The van der Waals surface area contributed by atoms with E-state index in [0.717, 1.165) is 28.3 Å². The third-order valence-corrected chi connectivity index (χ3v) is 4.80. The normalized spacial score (nSPS) is 16.7. The van der Waals surface area contributed by atoms with Crippen LogP contribution in [-0.2, 0) is 13.5 Å². The molecule has 1 unspecified atom stereocenters. The molecule has 1 aromatic carbocycles. The summed E-state index contributed by atoms with van der Waals surface area (Å²) in [6.07, 6.45) is 2.59. The third-order valence-electron chi connectivity index (χ3n) is 4.80. The van der Waals surface area contributed by atoms with Crippen LogP contribution in [0.4, 0.5) is 0 Å². The van der Waals surface area contributed by atoms with Crippen LogP contribution in [0.1, 0.15) is 33.4 Å². The molecule has 1 aliphatic heterocycles. The van der Waals surface area contributed by atoms with Gasteiger partial charge in [0.2, 0.25) is 0 Å². The Hall–Kier alpha value is -3.09. The fraction of sp³-hybridized carbons (Fsp3) is 0.316. The number of methoxy groups -OCH3 is 1. The Morgan fingerprint density at radius 2 is 2.12 bits per heavy atom. The summed E-state index contributed by atoms with van der Waals surface area (Å²) >= 11 is 0. The number of fused-ring (bicyclic) bond motifs is 1. The summed E-state index contributed by atoms with van der Waals surface area (Å²) in [6.45, 7) is 2.48. The van der Waals surface area contributed by atoms with Gasteiger partial charge >= 0.3 is 0 Å². The molecule has 4 rings (SSSR count). The molecule has 7 heteroatoms. The second-order valence-electron chi connectivity index (χ2n) is 6.57. The molecular weight excluding hydrogens is 330 g/mol. The van der Waals surface area contributed by atoms with Crippen molar-refractivity contribution in [2.45, 2.75) is 19.3 Å². The molecular formula is C19H21N5O2. The van der Waals surface area contributed by atoms with Crippen LogP contribution in [0, 0.1) is 6.92 Å². The largest absolute Gasteiger partial charge is 0.496 e. The maximum absolute atomic E-state index is 12.5. The molecule has 7 nitrogen and oxygen atoms in total. The highest BCUT2D eigenvalue weighted by atomic mass is 16.5. The lowest BCUT2D eigenvalue weighted by atomic mass is 9.93. The number of nitrogens with one attached hydrogen (secondary N) is 2. The molecule has 134 valence electrons. The zero-order chi connectivity index (χ0) is 18.3. The number of benzene rings is 1. The zero-order valence-corrected chi connectivity index (χ0v) is 15.0. The van der Waals surface area contributed by atoms with Crippen LogP contribution in [-0.4, -0.2) is 39.3 Å². The SMILES string of the molecule is COc1ccccc1C1CNC(=O)c2nc(-c3cn(C)nc3C)[nH]c2C1. The first-order chi connectivity index (χ1) is 12.6. The van der Waals surface area contributed by atoms with Crippen LogP contribution in [0.15, 0.2) is 30.5 Å². The maximum atomic E-state index is 12.5. The molecule has 2 aromatic heterocycles. The van der Waals surface area contributed by atoms with Gasteiger partial charge in [-0.15, -0.1) is 0 Å². The van der Waals surface area contributed by atoms with Crippen molar-refractivity contribution >= 4 is 5.91 Å². The Morgan fingerprint density at radius 1 is 1.31 bits per heavy atom. The molecule has 2 N–H and O–H groups in total. The second kappa shape index (κ2) is 6.33. The Labute approximate surface area is 151 Å². The number of rotatable bonds is 3. The van der Waals surface area contributed by atoms with Crippen LogP contribution >= 0.6 is 0 Å². The fourth-order valence-corrected chi connectivity index (χ4v) is 3.55. The molecule has 0 aliphatic carbocycles. The molecule has 0 saturated carbocycles. The minimum atomic E-state index is -0.151. The lowest BCUT2D eigenvalue weighted by Crippen LogP contribution is -2.26. The average Bonchev–Trinajstić information content (AvgIpc) is 3.16. The Balaban J connectivity index is 1.73. The summed E-state index contributed by atoms with van der Waals surface area (Å²) in [6, 6.07) is 7.93. The first-order valence-corrected chi connectivity index (χ1v) is 8.57. The molecule has 1 aliphatic rings. The molecule has 0 fully saturated rings. The van der Waals surface area contributed by atoms with E-state index >= 15 is 0 Å². The number of aromatic nitrogens is 4. The molecule has 3 aromatic rings. The van der Waals surface area contributed by atoms with Crippen molar-refractivity contribution in [1.82, 2.24) is 25.1 Å². The van der Waals surface area contributed by atoms with E-state index in [-0.39, 0.29) is 11.8 Å². The number of carbonyl (C=O) groups is 1. The average molecular weight is 351 g/mol. The fourth-order valence-electron chi connectivity index (χ4n) is 3.55. The minimum absolute atomic E-state index is 0.111. The van der Waals surface area contributed by atoms with Gasteiger partial charge in [0.1, 0.15) is 17.3 Å². The quantitative estimate of drug-likeness (QED) is 0.758. The molecule has 3 heterocycles. The van der Waals surface area contributed by atoms with Gasteiger partial charge in [-0.2, -0.15) is 5.10 Å². The number of amides is 1. The van der Waals surface area contributed by atoms with Gasteiger partial charge in [-0.25, -0.2) is 4.98 Å². The number of hydrogen-bond acceptors (Lipinski definition) is 4. The number of carbonyl (C=O) groups excluding carboxylic acids is 1. The molecule has 0 spiro atoms. The van der Waals surface area contributed by atoms with E-state index in [9.17, 15) is 4.79 Å². The van der Waals surface area contributed by atoms with Crippen molar-refractivity contribution in [3.8, 4) is 17.1 Å². The molecule has 26 heavy (non-hydrogen) atoms. The molecule has 0 saturated heterocycles. The van der Waals surface area contributed by atoms with Crippen molar-refractivity contribution in [3.05, 3.63) is 53.1 Å². The number of ether oxygens (including phenoxy) is 1. The highest BCUT2D eigenvalue weighted by Crippen LogP contribution is 2.32. The first kappa shape index (κ1) is 16.4. The first-order valence-electron chi connectivity index (χ1n) is 8.57. The highest BCUT2D eigenvalue weighted by molar-refractivity contribution is 5.94. The van der Waals surface area contributed by atoms with E-state index in [1.807, 2.05) is 44.4 Å². The summed E-state index contributed by atoms with van der Waals surface area (Å²) in [5, 5.41) is 7.34. The van der Waals surface area contributed by atoms with Crippen molar-refractivity contribution in [3.63, 3.8) is 0 Å². The van der Waals surface area contributed by atoms with Crippen LogP contribution in [0.2, 0.25) is 0 Å². The van der Waals surface area contributed by atoms with Gasteiger partial charge in [0.05, 0.1) is 18.4 Å². The van der Waals surface area contributed by atoms with Crippen molar-refractivity contribution in [2.75, 3.05) is 13.7 Å². The predicted molar refractivity (Wildman–Crippen MR) is 97.3 cm³/mol. The number of imidazole rings is 1. The standard InChI is InChI=1S/C19H21N5O2/c1-11-14(10-24(2)23-11)18-21-15-8-12(9-20-19(25)17(15)22-18)13-6-4-5-7-16(13)26-3/h4-7,10,12H,8-9H2,1-3H3,(H,20,25)(H,21,22). The Kier molecular flexibility index (Phi) is 3.99. The van der Waals surface area contributed by atoms with Crippen molar-refractivity contribution in [2.24, 2.45) is 7.05 Å². The highest BCUT2D eigenvalue weighted by Gasteiger charge is 2.28. The summed E-state index contributed by atoms with van der Waals surface area (Å²) in [5.41, 5.74) is 4.16. The van der Waals surface area contributed by atoms with E-state index in [1.165, 1.54) is 0 Å². The number of para-hydroxylation sites is 1. The number of aryl methyl sites for hydroxylation is 2.